The molecule has 0 spiro atoms. The number of rotatable bonds is 5. The van der Waals surface area contributed by atoms with Crippen LogP contribution in [0.2, 0.25) is 5.02 Å². The number of carbonyl (C=O) groups is 1. The SMILES string of the molecule is COc1ccc(C(=O)N(C)Cc2c(F)cccc2Cl)cc1[N+](=O)[O-]. The van der Waals surface area contributed by atoms with Gasteiger partial charge in [-0.05, 0) is 24.3 Å². The van der Waals surface area contributed by atoms with E-state index in [0.29, 0.717) is 0 Å². The van der Waals surface area contributed by atoms with E-state index in [1.807, 2.05) is 0 Å². The van der Waals surface area contributed by atoms with Crippen LogP contribution >= 0.6 is 11.6 Å². The van der Waals surface area contributed by atoms with Gasteiger partial charge < -0.3 is 9.64 Å². The molecule has 0 bridgehead atoms. The Labute approximate surface area is 142 Å². The Morgan fingerprint density at radius 2 is 2.08 bits per heavy atom. The van der Waals surface area contributed by atoms with Gasteiger partial charge in [0.2, 0.25) is 0 Å². The fourth-order valence-corrected chi connectivity index (χ4v) is 2.40. The molecule has 126 valence electrons. The van der Waals surface area contributed by atoms with Gasteiger partial charge in [0.15, 0.2) is 5.75 Å². The molecule has 0 aliphatic heterocycles. The number of hydrogen-bond donors (Lipinski definition) is 0. The summed E-state index contributed by atoms with van der Waals surface area (Å²) < 4.78 is 18.7. The average Bonchev–Trinajstić information content (AvgIpc) is 2.56. The number of amides is 1. The molecule has 0 radical (unpaired) electrons. The summed E-state index contributed by atoms with van der Waals surface area (Å²) in [6, 6.07) is 8.12. The summed E-state index contributed by atoms with van der Waals surface area (Å²) in [5, 5.41) is 11.2. The summed E-state index contributed by atoms with van der Waals surface area (Å²) in [6.07, 6.45) is 0. The summed E-state index contributed by atoms with van der Waals surface area (Å²) in [5.74, 6) is -0.973. The van der Waals surface area contributed by atoms with Gasteiger partial charge in [0.25, 0.3) is 5.91 Å². The Kier molecular flexibility index (Phi) is 5.35. The summed E-state index contributed by atoms with van der Waals surface area (Å²) in [4.78, 5) is 24.1. The van der Waals surface area contributed by atoms with E-state index < -0.39 is 16.6 Å². The Morgan fingerprint density at radius 1 is 1.38 bits per heavy atom. The lowest BCUT2D eigenvalue weighted by Gasteiger charge is -2.18. The molecule has 8 heteroatoms. The highest BCUT2D eigenvalue weighted by atomic mass is 35.5. The lowest BCUT2D eigenvalue weighted by atomic mass is 10.1. The molecule has 0 aliphatic rings. The first kappa shape index (κ1) is 17.7. The van der Waals surface area contributed by atoms with Gasteiger partial charge in [0.1, 0.15) is 5.82 Å². The highest BCUT2D eigenvalue weighted by molar-refractivity contribution is 6.31. The van der Waals surface area contributed by atoms with Gasteiger partial charge in [-0.25, -0.2) is 4.39 Å². The zero-order valence-corrected chi connectivity index (χ0v) is 13.7. The molecule has 6 nitrogen and oxygen atoms in total. The number of hydrogen-bond acceptors (Lipinski definition) is 4. The maximum atomic E-state index is 13.8. The van der Waals surface area contributed by atoms with Crippen LogP contribution in [0.5, 0.6) is 5.75 Å². The molecule has 0 unspecified atom stereocenters. The van der Waals surface area contributed by atoms with E-state index in [-0.39, 0.29) is 34.1 Å². The van der Waals surface area contributed by atoms with Crippen molar-refractivity contribution < 1.29 is 18.8 Å². The molecule has 24 heavy (non-hydrogen) atoms. The minimum atomic E-state index is -0.636. The van der Waals surface area contributed by atoms with E-state index in [1.54, 1.807) is 0 Å². The van der Waals surface area contributed by atoms with Crippen molar-refractivity contribution in [2.24, 2.45) is 0 Å². The van der Waals surface area contributed by atoms with E-state index in [4.69, 9.17) is 16.3 Å². The maximum absolute atomic E-state index is 13.8. The van der Waals surface area contributed by atoms with Crippen molar-refractivity contribution in [3.05, 3.63) is 68.5 Å². The van der Waals surface area contributed by atoms with Crippen LogP contribution in [0, 0.1) is 15.9 Å². The summed E-state index contributed by atoms with van der Waals surface area (Å²) in [7, 11) is 2.76. The molecule has 1 amide bonds. The number of benzene rings is 2. The fourth-order valence-electron chi connectivity index (χ4n) is 2.18. The predicted octanol–water partition coefficient (Wildman–Crippen LogP) is 3.67. The van der Waals surface area contributed by atoms with Crippen molar-refractivity contribution in [2.75, 3.05) is 14.2 Å². The molecule has 0 aliphatic carbocycles. The van der Waals surface area contributed by atoms with Gasteiger partial charge in [0, 0.05) is 35.8 Å². The molecule has 0 saturated carbocycles. The van der Waals surface area contributed by atoms with Crippen LogP contribution in [0.1, 0.15) is 15.9 Å². The number of nitrogens with zero attached hydrogens (tertiary/aromatic N) is 2. The van der Waals surface area contributed by atoms with Crippen LogP contribution in [0.3, 0.4) is 0 Å². The molecular weight excluding hydrogens is 339 g/mol. The Balaban J connectivity index is 2.28. The third-order valence-corrected chi connectivity index (χ3v) is 3.78. The van der Waals surface area contributed by atoms with Gasteiger partial charge in [0.05, 0.1) is 12.0 Å². The second kappa shape index (κ2) is 7.27. The van der Waals surface area contributed by atoms with Crippen molar-refractivity contribution in [1.29, 1.82) is 0 Å². The number of nitro groups is 1. The van der Waals surface area contributed by atoms with Gasteiger partial charge in [-0.2, -0.15) is 0 Å². The fraction of sp³-hybridized carbons (Fsp3) is 0.188. The quantitative estimate of drug-likeness (QED) is 0.608. The second-order valence-electron chi connectivity index (χ2n) is 5.01. The largest absolute Gasteiger partial charge is 0.490 e. The molecule has 0 fully saturated rings. The minimum absolute atomic E-state index is 0.0522. The Morgan fingerprint density at radius 3 is 2.67 bits per heavy atom. The summed E-state index contributed by atoms with van der Waals surface area (Å²) >= 11 is 5.95. The molecule has 0 N–H and O–H groups in total. The minimum Gasteiger partial charge on any atom is -0.490 e. The molecule has 0 atom stereocenters. The first-order valence-corrected chi connectivity index (χ1v) is 7.23. The molecular formula is C16H14ClFN2O4. The van der Waals surface area contributed by atoms with E-state index >= 15 is 0 Å². The van der Waals surface area contributed by atoms with Crippen molar-refractivity contribution in [3.63, 3.8) is 0 Å². The first-order chi connectivity index (χ1) is 11.3. The smallest absolute Gasteiger partial charge is 0.311 e. The monoisotopic (exact) mass is 352 g/mol. The lowest BCUT2D eigenvalue weighted by Crippen LogP contribution is -2.26. The van der Waals surface area contributed by atoms with E-state index in [1.165, 1.54) is 49.4 Å². The average molecular weight is 353 g/mol. The van der Waals surface area contributed by atoms with Crippen LogP contribution in [0.25, 0.3) is 0 Å². The van der Waals surface area contributed by atoms with E-state index in [9.17, 15) is 19.3 Å². The number of carbonyl (C=O) groups excluding carboxylic acids is 1. The van der Waals surface area contributed by atoms with Crippen molar-refractivity contribution in [3.8, 4) is 5.75 Å². The number of nitro benzene ring substituents is 1. The normalized spacial score (nSPS) is 10.3. The van der Waals surface area contributed by atoms with Gasteiger partial charge in [-0.1, -0.05) is 17.7 Å². The van der Waals surface area contributed by atoms with E-state index in [0.717, 1.165) is 6.07 Å². The number of ether oxygens (including phenoxy) is 1. The predicted molar refractivity (Wildman–Crippen MR) is 86.9 cm³/mol. The molecule has 0 aromatic heterocycles. The maximum Gasteiger partial charge on any atom is 0.311 e. The molecule has 0 heterocycles. The van der Waals surface area contributed by atoms with Gasteiger partial charge in [-0.15, -0.1) is 0 Å². The van der Waals surface area contributed by atoms with Crippen LogP contribution < -0.4 is 4.74 Å². The van der Waals surface area contributed by atoms with Crippen LogP contribution in [0.15, 0.2) is 36.4 Å². The first-order valence-electron chi connectivity index (χ1n) is 6.86. The zero-order valence-electron chi connectivity index (χ0n) is 13.0. The standard InChI is InChI=1S/C16H14ClFN2O4/c1-19(9-11-12(17)4-3-5-13(11)18)16(21)10-6-7-15(24-2)14(8-10)20(22)23/h3-8H,9H2,1-2H3. The third kappa shape index (κ3) is 3.62. The Hall–Kier alpha value is -2.67. The lowest BCUT2D eigenvalue weighted by molar-refractivity contribution is -0.385. The number of methoxy groups -OCH3 is 1. The van der Waals surface area contributed by atoms with Crippen LogP contribution in [-0.2, 0) is 6.54 Å². The second-order valence-corrected chi connectivity index (χ2v) is 5.41. The van der Waals surface area contributed by atoms with Crippen molar-refractivity contribution >= 4 is 23.2 Å². The van der Waals surface area contributed by atoms with E-state index in [2.05, 4.69) is 0 Å². The molecule has 0 saturated heterocycles. The molecule has 2 rings (SSSR count). The van der Waals surface area contributed by atoms with Crippen molar-refractivity contribution in [1.82, 2.24) is 4.90 Å². The molecule has 2 aromatic carbocycles. The Bertz CT molecular complexity index is 777. The zero-order chi connectivity index (χ0) is 17.9. The summed E-state index contributed by atoms with van der Waals surface area (Å²) in [6.45, 7) is -0.0653. The van der Waals surface area contributed by atoms with Gasteiger partial charge >= 0.3 is 5.69 Å². The van der Waals surface area contributed by atoms with Gasteiger partial charge in [-0.3, -0.25) is 14.9 Å². The highest BCUT2D eigenvalue weighted by Gasteiger charge is 2.21. The third-order valence-electron chi connectivity index (χ3n) is 3.43. The molecule has 2 aromatic rings. The van der Waals surface area contributed by atoms with Crippen molar-refractivity contribution in [2.45, 2.75) is 6.54 Å². The van der Waals surface area contributed by atoms with Crippen LogP contribution in [-0.4, -0.2) is 29.9 Å². The number of halogens is 2. The highest BCUT2D eigenvalue weighted by Crippen LogP contribution is 2.28. The van der Waals surface area contributed by atoms with Crippen LogP contribution in [0.4, 0.5) is 10.1 Å². The summed E-state index contributed by atoms with van der Waals surface area (Å²) in [5.41, 5.74) is -0.0452. The topological polar surface area (TPSA) is 72.7 Å².